The Morgan fingerprint density at radius 1 is 1.27 bits per heavy atom. The molecule has 7 nitrogen and oxygen atoms in total. The molecule has 2 heterocycles. The van der Waals surface area contributed by atoms with Gasteiger partial charge >= 0.3 is 6.09 Å². The number of carbonyl (C=O) groups is 1. The third-order valence-corrected chi connectivity index (χ3v) is 3.66. The molecule has 26 heavy (non-hydrogen) atoms. The number of imidazole rings is 1. The Labute approximate surface area is 146 Å². The number of hydrogen-bond acceptors (Lipinski definition) is 5. The van der Waals surface area contributed by atoms with Crippen LogP contribution in [0.4, 0.5) is 19.5 Å². The van der Waals surface area contributed by atoms with E-state index in [1.54, 1.807) is 34.9 Å². The molecule has 0 atom stereocenters. The number of amides is 1. The van der Waals surface area contributed by atoms with Crippen molar-refractivity contribution in [2.75, 3.05) is 18.5 Å². The molecule has 0 bridgehead atoms. The normalized spacial score (nSPS) is 10.9. The van der Waals surface area contributed by atoms with Crippen molar-refractivity contribution < 1.29 is 28.5 Å². The summed E-state index contributed by atoms with van der Waals surface area (Å²) >= 11 is 0. The fraction of sp³-hybridized carbons (Fsp3) is 0.176. The van der Waals surface area contributed by atoms with Gasteiger partial charge in [-0.25, -0.2) is 19.1 Å². The van der Waals surface area contributed by atoms with Crippen LogP contribution in [0.15, 0.2) is 42.7 Å². The molecule has 0 spiro atoms. The maximum absolute atomic E-state index is 14.2. The summed E-state index contributed by atoms with van der Waals surface area (Å²) in [7, 11) is 0. The average Bonchev–Trinajstić information content (AvgIpc) is 3.04. The van der Waals surface area contributed by atoms with Crippen LogP contribution in [-0.4, -0.2) is 33.8 Å². The van der Waals surface area contributed by atoms with Crippen molar-refractivity contribution in [2.24, 2.45) is 0 Å². The molecule has 0 fully saturated rings. The Kier molecular flexibility index (Phi) is 5.40. The number of nitrogens with zero attached hydrogens (tertiary/aromatic N) is 2. The van der Waals surface area contributed by atoms with Gasteiger partial charge in [-0.05, 0) is 29.3 Å². The summed E-state index contributed by atoms with van der Waals surface area (Å²) in [6.45, 7) is -0.0322. The van der Waals surface area contributed by atoms with E-state index in [4.69, 9.17) is 9.84 Å². The van der Waals surface area contributed by atoms with Crippen LogP contribution < -0.4 is 5.32 Å². The van der Waals surface area contributed by atoms with Crippen molar-refractivity contribution in [1.82, 2.24) is 9.38 Å². The number of anilines is 1. The van der Waals surface area contributed by atoms with Crippen molar-refractivity contribution >= 4 is 17.6 Å². The first-order valence-corrected chi connectivity index (χ1v) is 7.67. The quantitative estimate of drug-likeness (QED) is 0.658. The molecule has 0 aliphatic rings. The standard InChI is InChI=1S/C17H15F2N3O4/c18-14-3-1-2-12(13(14)10-25-7-6-23)11-4-5-16-20-15(9-22(16)8-11)21-17(24)26-19/h1-5,8-9,23H,6-7,10H2,(H,21,24). The molecule has 0 aliphatic heterocycles. The zero-order valence-corrected chi connectivity index (χ0v) is 13.5. The first-order valence-electron chi connectivity index (χ1n) is 7.67. The van der Waals surface area contributed by atoms with Gasteiger partial charge in [0.15, 0.2) is 5.82 Å². The second kappa shape index (κ2) is 7.89. The second-order valence-corrected chi connectivity index (χ2v) is 5.34. The van der Waals surface area contributed by atoms with E-state index < -0.39 is 11.9 Å². The highest BCUT2D eigenvalue weighted by Crippen LogP contribution is 2.27. The molecule has 0 aliphatic carbocycles. The van der Waals surface area contributed by atoms with E-state index in [1.165, 1.54) is 12.3 Å². The lowest BCUT2D eigenvalue weighted by Crippen LogP contribution is -2.09. The topological polar surface area (TPSA) is 85.1 Å². The number of halogens is 2. The summed E-state index contributed by atoms with van der Waals surface area (Å²) in [6.07, 6.45) is 1.89. The Morgan fingerprint density at radius 2 is 2.12 bits per heavy atom. The van der Waals surface area contributed by atoms with Crippen molar-refractivity contribution in [1.29, 1.82) is 0 Å². The zero-order chi connectivity index (χ0) is 18.5. The fourth-order valence-electron chi connectivity index (χ4n) is 2.55. The Morgan fingerprint density at radius 3 is 2.88 bits per heavy atom. The summed E-state index contributed by atoms with van der Waals surface area (Å²) in [4.78, 5) is 18.1. The van der Waals surface area contributed by atoms with Gasteiger partial charge in [0, 0.05) is 16.3 Å². The van der Waals surface area contributed by atoms with E-state index in [0.717, 1.165) is 0 Å². The molecule has 3 rings (SSSR count). The van der Waals surface area contributed by atoms with Gasteiger partial charge in [-0.2, -0.15) is 0 Å². The van der Waals surface area contributed by atoms with Crippen LogP contribution in [-0.2, 0) is 16.3 Å². The molecule has 3 aromatic rings. The molecule has 0 radical (unpaired) electrons. The van der Waals surface area contributed by atoms with Crippen LogP contribution in [0.5, 0.6) is 0 Å². The SMILES string of the molecule is O=C(Nc1cn2cc(-c3cccc(F)c3COCCO)ccc2n1)OF. The predicted octanol–water partition coefficient (Wildman–Crippen LogP) is 3.08. The van der Waals surface area contributed by atoms with Crippen molar-refractivity contribution in [3.63, 3.8) is 0 Å². The lowest BCUT2D eigenvalue weighted by atomic mass is 10.0. The van der Waals surface area contributed by atoms with Gasteiger partial charge in [0.1, 0.15) is 11.5 Å². The zero-order valence-electron chi connectivity index (χ0n) is 13.5. The number of aromatic nitrogens is 2. The molecule has 136 valence electrons. The number of aliphatic hydroxyl groups excluding tert-OH is 1. The Balaban J connectivity index is 1.95. The van der Waals surface area contributed by atoms with Gasteiger partial charge in [0.2, 0.25) is 0 Å². The van der Waals surface area contributed by atoms with E-state index in [1.807, 2.05) is 0 Å². The fourth-order valence-corrected chi connectivity index (χ4v) is 2.55. The molecule has 0 unspecified atom stereocenters. The summed E-state index contributed by atoms with van der Waals surface area (Å²) in [5.74, 6) is -0.310. The van der Waals surface area contributed by atoms with Crippen LogP contribution >= 0.6 is 0 Å². The molecular formula is C17H15F2N3O4. The smallest absolute Gasteiger partial charge is 0.394 e. The predicted molar refractivity (Wildman–Crippen MR) is 88.5 cm³/mol. The number of hydrogen-bond donors (Lipinski definition) is 2. The highest BCUT2D eigenvalue weighted by atomic mass is 19.3. The first kappa shape index (κ1) is 17.8. The minimum atomic E-state index is -1.28. The average molecular weight is 363 g/mol. The van der Waals surface area contributed by atoms with Gasteiger partial charge in [0.25, 0.3) is 0 Å². The monoisotopic (exact) mass is 363 g/mol. The number of aliphatic hydroxyl groups is 1. The molecule has 1 amide bonds. The van der Waals surface area contributed by atoms with Gasteiger partial charge in [-0.1, -0.05) is 12.1 Å². The van der Waals surface area contributed by atoms with Crippen LogP contribution in [0, 0.1) is 5.82 Å². The first-order chi connectivity index (χ1) is 12.6. The molecule has 2 aromatic heterocycles. The molecule has 9 heteroatoms. The molecule has 2 N–H and O–H groups in total. The van der Waals surface area contributed by atoms with E-state index in [0.29, 0.717) is 22.3 Å². The largest absolute Gasteiger partial charge is 0.450 e. The van der Waals surface area contributed by atoms with Crippen LogP contribution in [0.25, 0.3) is 16.8 Å². The minimum Gasteiger partial charge on any atom is -0.394 e. The minimum absolute atomic E-state index is 0.0136. The maximum atomic E-state index is 14.2. The number of carbonyl (C=O) groups excluding carboxylic acids is 1. The molecular weight excluding hydrogens is 348 g/mol. The summed E-state index contributed by atoms with van der Waals surface area (Å²) < 4.78 is 32.9. The van der Waals surface area contributed by atoms with E-state index in [2.05, 4.69) is 15.2 Å². The maximum Gasteiger partial charge on any atom is 0.450 e. The van der Waals surface area contributed by atoms with Gasteiger partial charge in [-0.3, -0.25) is 5.32 Å². The molecule has 1 aromatic carbocycles. The van der Waals surface area contributed by atoms with Crippen molar-refractivity contribution in [3.8, 4) is 11.1 Å². The number of ether oxygens (including phenoxy) is 1. The third kappa shape index (κ3) is 3.79. The number of nitrogens with one attached hydrogen (secondary N) is 1. The van der Waals surface area contributed by atoms with E-state index in [9.17, 15) is 13.7 Å². The lowest BCUT2D eigenvalue weighted by molar-refractivity contribution is -0.0544. The van der Waals surface area contributed by atoms with Crippen LogP contribution in [0.1, 0.15) is 5.56 Å². The Bertz CT molecular complexity index is 930. The van der Waals surface area contributed by atoms with Gasteiger partial charge < -0.3 is 14.2 Å². The van der Waals surface area contributed by atoms with Crippen LogP contribution in [0.2, 0.25) is 0 Å². The van der Waals surface area contributed by atoms with Gasteiger partial charge in [-0.15, -0.1) is 0 Å². The van der Waals surface area contributed by atoms with E-state index >= 15 is 0 Å². The van der Waals surface area contributed by atoms with E-state index in [-0.39, 0.29) is 25.6 Å². The number of benzene rings is 1. The van der Waals surface area contributed by atoms with Crippen molar-refractivity contribution in [3.05, 3.63) is 54.1 Å². The summed E-state index contributed by atoms with van der Waals surface area (Å²) in [5, 5.41) is 10.9. The highest BCUT2D eigenvalue weighted by Gasteiger charge is 2.13. The Hall–Kier alpha value is -3.04. The number of pyridine rings is 1. The lowest BCUT2D eigenvalue weighted by Gasteiger charge is -2.11. The molecule has 0 saturated carbocycles. The van der Waals surface area contributed by atoms with Gasteiger partial charge in [0.05, 0.1) is 26.0 Å². The van der Waals surface area contributed by atoms with Crippen LogP contribution in [0.3, 0.4) is 0 Å². The highest BCUT2D eigenvalue weighted by molar-refractivity contribution is 5.83. The number of rotatable bonds is 6. The molecule has 0 saturated heterocycles. The third-order valence-electron chi connectivity index (χ3n) is 3.66. The second-order valence-electron chi connectivity index (χ2n) is 5.34. The number of fused-ring (bicyclic) bond motifs is 1. The van der Waals surface area contributed by atoms with Crippen molar-refractivity contribution in [2.45, 2.75) is 6.61 Å². The summed E-state index contributed by atoms with van der Waals surface area (Å²) in [6, 6.07) is 8.08. The summed E-state index contributed by atoms with van der Waals surface area (Å²) in [5.41, 5.74) is 2.17.